The fourth-order valence-electron chi connectivity index (χ4n) is 0.444. The molecule has 0 bridgehead atoms. The molecule has 0 saturated heterocycles. The molecule has 0 rings (SSSR count). The van der Waals surface area contributed by atoms with Gasteiger partial charge in [-0.3, -0.25) is 0 Å². The maximum absolute atomic E-state index is 5.74. The van der Waals surface area contributed by atoms with Crippen molar-refractivity contribution in [1.82, 2.24) is 0 Å². The first-order chi connectivity index (χ1) is 4.77. The summed E-state index contributed by atoms with van der Waals surface area (Å²) in [5.74, 6) is 0. The third-order valence-corrected chi connectivity index (χ3v) is 1.86. The molecule has 0 spiro atoms. The minimum Gasteiger partial charge on any atom is -0.363 e. The number of nitrogens with two attached hydrogens (primary N) is 1. The Morgan fingerprint density at radius 3 is 2.09 bits per heavy atom. The summed E-state index contributed by atoms with van der Waals surface area (Å²) in [5.41, 5.74) is 5.47. The van der Waals surface area contributed by atoms with Gasteiger partial charge in [-0.05, 0) is 27.2 Å². The van der Waals surface area contributed by atoms with Gasteiger partial charge in [0.1, 0.15) is 4.93 Å². The quantitative estimate of drug-likeness (QED) is 0.507. The lowest BCUT2D eigenvalue weighted by atomic mass is 10.1. The van der Waals surface area contributed by atoms with Crippen LogP contribution in [0.3, 0.4) is 0 Å². The van der Waals surface area contributed by atoms with Crippen LogP contribution >= 0.6 is 12.6 Å². The summed E-state index contributed by atoms with van der Waals surface area (Å²) in [6, 6.07) is 0. The zero-order valence-electron chi connectivity index (χ0n) is 7.85. The van der Waals surface area contributed by atoms with Crippen LogP contribution in [0.4, 0.5) is 0 Å². The van der Waals surface area contributed by atoms with Gasteiger partial charge in [-0.2, -0.15) is 0 Å². The Morgan fingerprint density at radius 1 is 1.36 bits per heavy atom. The molecule has 68 valence electrons. The first kappa shape index (κ1) is 11.3. The predicted molar refractivity (Wildman–Crippen MR) is 51.9 cm³/mol. The summed E-state index contributed by atoms with van der Waals surface area (Å²) in [7, 11) is 0. The second kappa shape index (κ2) is 3.78. The molecule has 0 fully saturated rings. The molecule has 0 aliphatic rings. The number of ether oxygens (including phenoxy) is 1. The Morgan fingerprint density at radius 2 is 1.82 bits per heavy atom. The molecule has 0 aliphatic heterocycles. The lowest BCUT2D eigenvalue weighted by Crippen LogP contribution is -2.40. The van der Waals surface area contributed by atoms with Crippen molar-refractivity contribution in [3.05, 3.63) is 0 Å². The molecule has 0 amide bonds. The fourth-order valence-corrected chi connectivity index (χ4v) is 0.508. The Labute approximate surface area is 74.9 Å². The third kappa shape index (κ3) is 6.66. The van der Waals surface area contributed by atoms with Gasteiger partial charge in [-0.25, -0.2) is 0 Å². The first-order valence-corrected chi connectivity index (χ1v) is 4.37. The largest absolute Gasteiger partial charge is 0.363 e. The molecule has 1 unspecified atom stereocenters. The van der Waals surface area contributed by atoms with Crippen molar-refractivity contribution in [2.75, 3.05) is 6.61 Å². The van der Waals surface area contributed by atoms with Gasteiger partial charge in [0.05, 0.1) is 6.61 Å². The summed E-state index contributed by atoms with van der Waals surface area (Å²) in [4.78, 5) is -0.337. The molecule has 0 aromatic carbocycles. The van der Waals surface area contributed by atoms with Crippen molar-refractivity contribution in [1.29, 1.82) is 0 Å². The molecule has 11 heavy (non-hydrogen) atoms. The average molecular weight is 177 g/mol. The maximum atomic E-state index is 5.74. The lowest BCUT2D eigenvalue weighted by molar-refractivity contribution is 0.0140. The number of hydrogen-bond donors (Lipinski definition) is 2. The van der Waals surface area contributed by atoms with Gasteiger partial charge >= 0.3 is 0 Å². The number of hydrogen-bond acceptors (Lipinski definition) is 3. The Bertz CT molecular complexity index is 118. The number of thiol groups is 1. The highest BCUT2D eigenvalue weighted by molar-refractivity contribution is 7.81. The van der Waals surface area contributed by atoms with E-state index < -0.39 is 0 Å². The summed E-state index contributed by atoms with van der Waals surface area (Å²) >= 11 is 4.32. The zero-order chi connectivity index (χ0) is 9.12. The van der Waals surface area contributed by atoms with Crippen LogP contribution in [0.25, 0.3) is 0 Å². The summed E-state index contributed by atoms with van der Waals surface area (Å²) in [6.45, 7) is 8.40. The Hall–Kier alpha value is 0.270. The van der Waals surface area contributed by atoms with E-state index in [1.165, 1.54) is 0 Å². The molecule has 1 atom stereocenters. The standard InChI is InChI=1S/C8H19NOS/c1-5-8(4,11)10-6-7(2,3)9/h11H,5-6,9H2,1-4H3. The van der Waals surface area contributed by atoms with Crippen LogP contribution in [0.15, 0.2) is 0 Å². The van der Waals surface area contributed by atoms with Crippen molar-refractivity contribution in [3.8, 4) is 0 Å². The van der Waals surface area contributed by atoms with E-state index >= 15 is 0 Å². The highest BCUT2D eigenvalue weighted by Gasteiger charge is 2.20. The molecular weight excluding hydrogens is 158 g/mol. The summed E-state index contributed by atoms with van der Waals surface area (Å²) in [5, 5.41) is 0. The molecule has 0 aromatic heterocycles. The molecule has 0 aliphatic carbocycles. The van der Waals surface area contributed by atoms with E-state index in [1.54, 1.807) is 0 Å². The van der Waals surface area contributed by atoms with Crippen LogP contribution in [0.5, 0.6) is 0 Å². The fraction of sp³-hybridized carbons (Fsp3) is 1.00. The number of rotatable bonds is 4. The van der Waals surface area contributed by atoms with Gasteiger partial charge in [0.15, 0.2) is 0 Å². The minimum atomic E-state index is -0.337. The van der Waals surface area contributed by atoms with E-state index in [0.29, 0.717) is 6.61 Å². The van der Waals surface area contributed by atoms with Crippen molar-refractivity contribution in [3.63, 3.8) is 0 Å². The van der Waals surface area contributed by atoms with E-state index in [0.717, 1.165) is 6.42 Å². The Kier molecular flexibility index (Phi) is 3.88. The minimum absolute atomic E-state index is 0.265. The molecule has 2 N–H and O–H groups in total. The molecule has 0 radical (unpaired) electrons. The summed E-state index contributed by atoms with van der Waals surface area (Å²) in [6.07, 6.45) is 0.881. The van der Waals surface area contributed by atoms with Gasteiger partial charge in [0, 0.05) is 5.54 Å². The van der Waals surface area contributed by atoms with E-state index in [9.17, 15) is 0 Å². The smallest absolute Gasteiger partial charge is 0.107 e. The predicted octanol–water partition coefficient (Wildman–Crippen LogP) is 1.80. The van der Waals surface area contributed by atoms with Crippen molar-refractivity contribution < 1.29 is 4.74 Å². The molecule has 3 heteroatoms. The van der Waals surface area contributed by atoms with Crippen LogP contribution in [-0.4, -0.2) is 17.1 Å². The molecule has 2 nitrogen and oxygen atoms in total. The highest BCUT2D eigenvalue weighted by atomic mass is 32.1. The Balaban J connectivity index is 3.70. The second-order valence-electron chi connectivity index (χ2n) is 3.81. The van der Waals surface area contributed by atoms with E-state index in [4.69, 9.17) is 10.5 Å². The molecule has 0 aromatic rings. The van der Waals surface area contributed by atoms with Crippen LogP contribution in [-0.2, 0) is 4.74 Å². The van der Waals surface area contributed by atoms with E-state index in [1.807, 2.05) is 27.7 Å². The van der Waals surface area contributed by atoms with Crippen molar-refractivity contribution in [2.24, 2.45) is 5.73 Å². The van der Waals surface area contributed by atoms with Crippen LogP contribution in [0.2, 0.25) is 0 Å². The normalized spacial score (nSPS) is 18.0. The van der Waals surface area contributed by atoms with E-state index in [2.05, 4.69) is 12.6 Å². The second-order valence-corrected chi connectivity index (χ2v) is 4.75. The zero-order valence-corrected chi connectivity index (χ0v) is 8.74. The molecule has 0 heterocycles. The average Bonchev–Trinajstić information content (AvgIpc) is 1.83. The van der Waals surface area contributed by atoms with Gasteiger partial charge < -0.3 is 10.5 Å². The topological polar surface area (TPSA) is 35.2 Å². The lowest BCUT2D eigenvalue weighted by Gasteiger charge is -2.27. The highest BCUT2D eigenvalue weighted by Crippen LogP contribution is 2.20. The van der Waals surface area contributed by atoms with Crippen LogP contribution in [0, 0.1) is 0 Å². The summed E-state index contributed by atoms with van der Waals surface area (Å²) < 4.78 is 5.48. The van der Waals surface area contributed by atoms with Crippen molar-refractivity contribution in [2.45, 2.75) is 44.6 Å². The monoisotopic (exact) mass is 177 g/mol. The maximum Gasteiger partial charge on any atom is 0.107 e. The third-order valence-electron chi connectivity index (χ3n) is 1.41. The van der Waals surface area contributed by atoms with Gasteiger partial charge in [-0.1, -0.05) is 6.92 Å². The first-order valence-electron chi connectivity index (χ1n) is 3.92. The van der Waals surface area contributed by atoms with Gasteiger partial charge in [0.25, 0.3) is 0 Å². The van der Waals surface area contributed by atoms with Crippen LogP contribution in [0.1, 0.15) is 34.1 Å². The van der Waals surface area contributed by atoms with Crippen molar-refractivity contribution >= 4 is 12.6 Å². The van der Waals surface area contributed by atoms with E-state index in [-0.39, 0.29) is 10.5 Å². The molecular formula is C8H19NOS. The van der Waals surface area contributed by atoms with Crippen LogP contribution < -0.4 is 5.73 Å². The van der Waals surface area contributed by atoms with Gasteiger partial charge in [0.2, 0.25) is 0 Å². The SMILES string of the molecule is CCC(C)(S)OCC(C)(C)N. The van der Waals surface area contributed by atoms with Gasteiger partial charge in [-0.15, -0.1) is 12.6 Å². The molecule has 0 saturated carbocycles.